The van der Waals surface area contributed by atoms with Gasteiger partial charge in [0.15, 0.2) is 0 Å². The standard InChI is InChI=1S/C7H8FNO2S/c1-5-2-6(9)4-7(3-5)12(8,10)11/h2-4H,9H2,1H3. The second-order valence-electron chi connectivity index (χ2n) is 2.52. The summed E-state index contributed by atoms with van der Waals surface area (Å²) in [4.78, 5) is -0.389. The molecule has 2 N–H and O–H groups in total. The van der Waals surface area contributed by atoms with Crippen LogP contribution in [0.1, 0.15) is 5.56 Å². The lowest BCUT2D eigenvalue weighted by Crippen LogP contribution is -1.95. The molecule has 0 unspecified atom stereocenters. The van der Waals surface area contributed by atoms with Crippen molar-refractivity contribution in [2.75, 3.05) is 5.73 Å². The molecule has 3 nitrogen and oxygen atoms in total. The molecule has 1 rings (SSSR count). The second-order valence-corrected chi connectivity index (χ2v) is 3.86. The zero-order valence-corrected chi connectivity index (χ0v) is 7.23. The minimum atomic E-state index is -4.63. The predicted octanol–water partition coefficient (Wildman–Crippen LogP) is 1.24. The minimum absolute atomic E-state index is 0.242. The van der Waals surface area contributed by atoms with Gasteiger partial charge in [-0.3, -0.25) is 0 Å². The van der Waals surface area contributed by atoms with Gasteiger partial charge >= 0.3 is 10.2 Å². The van der Waals surface area contributed by atoms with Crippen molar-refractivity contribution in [1.29, 1.82) is 0 Å². The van der Waals surface area contributed by atoms with Crippen molar-refractivity contribution in [1.82, 2.24) is 0 Å². The Bertz CT molecular complexity index is 380. The third-order valence-electron chi connectivity index (χ3n) is 1.35. The minimum Gasteiger partial charge on any atom is -0.399 e. The Morgan fingerprint density at radius 1 is 1.33 bits per heavy atom. The normalized spacial score (nSPS) is 11.5. The molecule has 0 saturated heterocycles. The Kier molecular flexibility index (Phi) is 2.06. The van der Waals surface area contributed by atoms with Crippen LogP contribution in [0.4, 0.5) is 9.57 Å². The summed E-state index contributed by atoms with van der Waals surface area (Å²) in [6.07, 6.45) is 0. The number of halogens is 1. The molecule has 12 heavy (non-hydrogen) atoms. The Hall–Kier alpha value is -1.10. The van der Waals surface area contributed by atoms with Gasteiger partial charge in [0.05, 0.1) is 0 Å². The first-order chi connectivity index (χ1) is 5.39. The number of nitrogen functional groups attached to an aromatic ring is 1. The first kappa shape index (κ1) is 8.99. The quantitative estimate of drug-likeness (QED) is 0.534. The molecule has 0 saturated carbocycles. The van der Waals surface area contributed by atoms with Crippen molar-refractivity contribution < 1.29 is 12.3 Å². The van der Waals surface area contributed by atoms with Crippen LogP contribution in [-0.2, 0) is 10.2 Å². The number of aryl methyl sites for hydroxylation is 1. The molecule has 0 heterocycles. The maximum absolute atomic E-state index is 12.4. The Labute approximate surface area is 70.2 Å². The summed E-state index contributed by atoms with van der Waals surface area (Å²) in [7, 11) is -4.63. The summed E-state index contributed by atoms with van der Waals surface area (Å²) in [5, 5.41) is 0. The van der Waals surface area contributed by atoms with E-state index in [2.05, 4.69) is 0 Å². The average Bonchev–Trinajstić information content (AvgIpc) is 1.82. The van der Waals surface area contributed by atoms with Crippen LogP contribution < -0.4 is 5.73 Å². The van der Waals surface area contributed by atoms with E-state index in [9.17, 15) is 12.3 Å². The van der Waals surface area contributed by atoms with Gasteiger partial charge in [0, 0.05) is 5.69 Å². The molecule has 0 aliphatic carbocycles. The number of hydrogen-bond acceptors (Lipinski definition) is 3. The van der Waals surface area contributed by atoms with Crippen molar-refractivity contribution in [2.24, 2.45) is 0 Å². The number of nitrogens with two attached hydrogens (primary N) is 1. The molecule has 0 amide bonds. The fourth-order valence-electron chi connectivity index (χ4n) is 0.917. The van der Waals surface area contributed by atoms with Crippen LogP contribution in [0.5, 0.6) is 0 Å². The van der Waals surface area contributed by atoms with E-state index in [0.29, 0.717) is 5.56 Å². The average molecular weight is 189 g/mol. The van der Waals surface area contributed by atoms with Crippen molar-refractivity contribution >= 4 is 15.9 Å². The highest BCUT2D eigenvalue weighted by Crippen LogP contribution is 2.17. The largest absolute Gasteiger partial charge is 0.399 e. The SMILES string of the molecule is Cc1cc(N)cc(S(=O)(=O)F)c1. The third kappa shape index (κ3) is 1.94. The van der Waals surface area contributed by atoms with E-state index < -0.39 is 10.2 Å². The van der Waals surface area contributed by atoms with Crippen LogP contribution >= 0.6 is 0 Å². The molecule has 1 aromatic rings. The highest BCUT2D eigenvalue weighted by atomic mass is 32.3. The Morgan fingerprint density at radius 2 is 1.92 bits per heavy atom. The molecule has 0 radical (unpaired) electrons. The first-order valence-electron chi connectivity index (χ1n) is 3.21. The van der Waals surface area contributed by atoms with Crippen molar-refractivity contribution in [3.8, 4) is 0 Å². The summed E-state index contributed by atoms with van der Waals surface area (Å²) in [6.45, 7) is 1.64. The molecule has 1 aromatic carbocycles. The smallest absolute Gasteiger partial charge is 0.332 e. The van der Waals surface area contributed by atoms with Gasteiger partial charge in [0.1, 0.15) is 4.90 Å². The monoisotopic (exact) mass is 189 g/mol. The first-order valence-corrected chi connectivity index (χ1v) is 4.60. The zero-order valence-electron chi connectivity index (χ0n) is 6.41. The molecular formula is C7H8FNO2S. The van der Waals surface area contributed by atoms with Crippen molar-refractivity contribution in [3.63, 3.8) is 0 Å². The van der Waals surface area contributed by atoms with Crippen molar-refractivity contribution in [3.05, 3.63) is 23.8 Å². The molecule has 0 spiro atoms. The van der Waals surface area contributed by atoms with Gasteiger partial charge in [-0.15, -0.1) is 3.89 Å². The molecule has 0 atom stereocenters. The van der Waals surface area contributed by atoms with Gasteiger partial charge in [-0.1, -0.05) is 0 Å². The van der Waals surface area contributed by atoms with E-state index >= 15 is 0 Å². The van der Waals surface area contributed by atoms with E-state index in [1.165, 1.54) is 6.07 Å². The Balaban J connectivity index is 3.37. The molecule has 0 bridgehead atoms. The van der Waals surface area contributed by atoms with Crippen LogP contribution in [0, 0.1) is 6.92 Å². The van der Waals surface area contributed by atoms with Gasteiger partial charge in [-0.25, -0.2) is 0 Å². The predicted molar refractivity (Wildman–Crippen MR) is 43.9 cm³/mol. The highest BCUT2D eigenvalue weighted by molar-refractivity contribution is 7.86. The fourth-order valence-corrected chi connectivity index (χ4v) is 1.52. The summed E-state index contributed by atoms with van der Waals surface area (Å²) < 4.78 is 33.2. The highest BCUT2D eigenvalue weighted by Gasteiger charge is 2.11. The van der Waals surface area contributed by atoms with E-state index in [4.69, 9.17) is 5.73 Å². The molecule has 0 aliphatic rings. The molecule has 5 heteroatoms. The zero-order chi connectivity index (χ0) is 9.35. The van der Waals surface area contributed by atoms with Gasteiger partial charge in [0.25, 0.3) is 0 Å². The number of benzene rings is 1. The van der Waals surface area contributed by atoms with Crippen LogP contribution in [0.3, 0.4) is 0 Å². The lowest BCUT2D eigenvalue weighted by molar-refractivity contribution is 0.552. The number of rotatable bonds is 1. The lowest BCUT2D eigenvalue weighted by Gasteiger charge is -1.99. The van der Waals surface area contributed by atoms with Crippen LogP contribution in [0.15, 0.2) is 23.1 Å². The Morgan fingerprint density at radius 3 is 2.33 bits per heavy atom. The van der Waals surface area contributed by atoms with E-state index in [1.54, 1.807) is 13.0 Å². The molecule has 66 valence electrons. The summed E-state index contributed by atoms with van der Waals surface area (Å²) >= 11 is 0. The molecule has 0 aromatic heterocycles. The van der Waals surface area contributed by atoms with Gasteiger partial charge < -0.3 is 5.73 Å². The maximum Gasteiger partial charge on any atom is 0.332 e. The maximum atomic E-state index is 12.4. The number of anilines is 1. The summed E-state index contributed by atoms with van der Waals surface area (Å²) in [6, 6.07) is 3.88. The summed E-state index contributed by atoms with van der Waals surface area (Å²) in [5.41, 5.74) is 6.18. The van der Waals surface area contributed by atoms with Crippen LogP contribution in [0.25, 0.3) is 0 Å². The molecular weight excluding hydrogens is 181 g/mol. The summed E-state index contributed by atoms with van der Waals surface area (Å²) in [5.74, 6) is 0. The second kappa shape index (κ2) is 2.75. The molecule has 0 fully saturated rings. The van der Waals surface area contributed by atoms with Gasteiger partial charge in [-0.2, -0.15) is 8.42 Å². The lowest BCUT2D eigenvalue weighted by atomic mass is 10.2. The van der Waals surface area contributed by atoms with Crippen molar-refractivity contribution in [2.45, 2.75) is 11.8 Å². The van der Waals surface area contributed by atoms with E-state index in [0.717, 1.165) is 6.07 Å². The van der Waals surface area contributed by atoms with Crippen LogP contribution in [0.2, 0.25) is 0 Å². The third-order valence-corrected chi connectivity index (χ3v) is 2.15. The number of hydrogen-bond donors (Lipinski definition) is 1. The fraction of sp³-hybridized carbons (Fsp3) is 0.143. The van der Waals surface area contributed by atoms with Gasteiger partial charge in [0.2, 0.25) is 0 Å². The van der Waals surface area contributed by atoms with E-state index in [1.807, 2.05) is 0 Å². The molecule has 0 aliphatic heterocycles. The topological polar surface area (TPSA) is 60.2 Å². The van der Waals surface area contributed by atoms with Crippen LogP contribution in [-0.4, -0.2) is 8.42 Å². The van der Waals surface area contributed by atoms with E-state index in [-0.39, 0.29) is 10.6 Å². The van der Waals surface area contributed by atoms with Gasteiger partial charge in [-0.05, 0) is 30.7 Å².